The zero-order valence-electron chi connectivity index (χ0n) is 20.3. The number of carbonyl (C=O) groups is 2. The first kappa shape index (κ1) is 27.9. The first-order valence-corrected chi connectivity index (χ1v) is 13.9. The van der Waals surface area contributed by atoms with Crippen molar-refractivity contribution in [3.05, 3.63) is 23.3 Å². The molecule has 1 aliphatic heterocycles. The summed E-state index contributed by atoms with van der Waals surface area (Å²) in [6, 6.07) is 3.44. The van der Waals surface area contributed by atoms with Crippen LogP contribution >= 0.6 is 23.5 Å². The van der Waals surface area contributed by atoms with E-state index in [2.05, 4.69) is 6.92 Å². The molecule has 1 aromatic carbocycles. The Labute approximate surface area is 206 Å². The summed E-state index contributed by atoms with van der Waals surface area (Å²) in [6.45, 7) is 9.11. The van der Waals surface area contributed by atoms with Crippen LogP contribution in [0.25, 0.3) is 0 Å². The minimum Gasteiger partial charge on any atom is -0.507 e. The molecule has 0 aromatic heterocycles. The van der Waals surface area contributed by atoms with Crippen molar-refractivity contribution in [1.29, 1.82) is 0 Å². The quantitative estimate of drug-likeness (QED) is 0.189. The van der Waals surface area contributed by atoms with Crippen LogP contribution in [0.15, 0.2) is 12.1 Å². The molecular formula is C25H38O6S2. The Morgan fingerprint density at radius 3 is 2.79 bits per heavy atom. The number of ether oxygens (including phenoxy) is 3. The second-order valence-electron chi connectivity index (χ2n) is 8.36. The van der Waals surface area contributed by atoms with Crippen molar-refractivity contribution in [2.45, 2.75) is 76.4 Å². The van der Waals surface area contributed by atoms with Gasteiger partial charge >= 0.3 is 5.97 Å². The minimum atomic E-state index is -0.300. The SMILES string of the molecule is CCCc1c(OCCCCSCC2COC(C)(CCC(=O)OCC)S2)ccc(C(C)=O)c1O. The molecule has 2 rings (SSSR count). The summed E-state index contributed by atoms with van der Waals surface area (Å²) in [5.74, 6) is 2.52. The first-order valence-electron chi connectivity index (χ1n) is 11.8. The predicted molar refractivity (Wildman–Crippen MR) is 136 cm³/mol. The van der Waals surface area contributed by atoms with E-state index in [9.17, 15) is 14.7 Å². The maximum absolute atomic E-state index is 11.7. The molecule has 1 fully saturated rings. The number of Topliss-reactive ketones (excluding diaryl/α,β-unsaturated/α-hetero) is 1. The monoisotopic (exact) mass is 498 g/mol. The summed E-state index contributed by atoms with van der Waals surface area (Å²) in [7, 11) is 0. The number of hydrogen-bond donors (Lipinski definition) is 1. The Morgan fingerprint density at radius 1 is 1.30 bits per heavy atom. The Hall–Kier alpha value is -1.38. The minimum absolute atomic E-state index is 0.0583. The standard InChI is InChI=1S/C25H38O6S2/c1-5-9-21-22(11-10-20(18(3)26)24(21)28)30-14-7-8-15-32-17-19-16-31-25(4,33-19)13-12-23(27)29-6-2/h10-11,19,28H,5-9,12-17H2,1-4H3. The Balaban J connectivity index is 1.64. The van der Waals surface area contributed by atoms with Crippen LogP contribution in [0.3, 0.4) is 0 Å². The Kier molecular flexibility index (Phi) is 11.9. The molecule has 0 aliphatic carbocycles. The highest BCUT2D eigenvalue weighted by molar-refractivity contribution is 8.04. The molecule has 1 aromatic rings. The van der Waals surface area contributed by atoms with Crippen molar-refractivity contribution in [3.8, 4) is 11.5 Å². The average Bonchev–Trinajstić information content (AvgIpc) is 3.15. The third-order valence-corrected chi connectivity index (χ3v) is 8.33. The van der Waals surface area contributed by atoms with Gasteiger partial charge in [0.2, 0.25) is 0 Å². The van der Waals surface area contributed by atoms with Gasteiger partial charge in [-0.15, -0.1) is 11.8 Å². The van der Waals surface area contributed by atoms with Gasteiger partial charge in [-0.3, -0.25) is 9.59 Å². The van der Waals surface area contributed by atoms with Crippen LogP contribution in [0.1, 0.15) is 75.7 Å². The molecule has 33 heavy (non-hydrogen) atoms. The number of esters is 1. The van der Waals surface area contributed by atoms with Crippen molar-refractivity contribution < 1.29 is 28.9 Å². The van der Waals surface area contributed by atoms with Crippen LogP contribution < -0.4 is 4.74 Å². The number of hydrogen-bond acceptors (Lipinski definition) is 8. The fourth-order valence-electron chi connectivity index (χ4n) is 3.70. The number of phenols is 1. The molecule has 0 radical (unpaired) electrons. The van der Waals surface area contributed by atoms with E-state index < -0.39 is 0 Å². The van der Waals surface area contributed by atoms with E-state index in [1.165, 1.54) is 6.92 Å². The van der Waals surface area contributed by atoms with E-state index in [1.807, 2.05) is 37.4 Å². The van der Waals surface area contributed by atoms with Crippen molar-refractivity contribution >= 4 is 35.3 Å². The van der Waals surface area contributed by atoms with Crippen LogP contribution in [-0.2, 0) is 20.7 Å². The van der Waals surface area contributed by atoms with E-state index in [-0.39, 0.29) is 22.4 Å². The normalized spacial score (nSPS) is 20.1. The van der Waals surface area contributed by atoms with Gasteiger partial charge in [0.05, 0.1) is 25.4 Å². The smallest absolute Gasteiger partial charge is 0.305 e. The van der Waals surface area contributed by atoms with Crippen LogP contribution in [-0.4, -0.2) is 58.4 Å². The van der Waals surface area contributed by atoms with Gasteiger partial charge in [-0.25, -0.2) is 0 Å². The van der Waals surface area contributed by atoms with E-state index in [0.29, 0.717) is 49.0 Å². The number of benzene rings is 1. The largest absolute Gasteiger partial charge is 0.507 e. The van der Waals surface area contributed by atoms with Crippen LogP contribution in [0, 0.1) is 0 Å². The van der Waals surface area contributed by atoms with Crippen molar-refractivity contribution in [3.63, 3.8) is 0 Å². The number of aromatic hydroxyl groups is 1. The van der Waals surface area contributed by atoms with Gasteiger partial charge in [0.15, 0.2) is 5.78 Å². The molecule has 8 heteroatoms. The maximum Gasteiger partial charge on any atom is 0.305 e. The summed E-state index contributed by atoms with van der Waals surface area (Å²) in [6.07, 6.45) is 4.60. The van der Waals surface area contributed by atoms with Crippen molar-refractivity contribution in [2.75, 3.05) is 31.3 Å². The lowest BCUT2D eigenvalue weighted by molar-refractivity contribution is -0.144. The topological polar surface area (TPSA) is 82.1 Å². The number of thioether (sulfide) groups is 2. The van der Waals surface area contributed by atoms with Crippen molar-refractivity contribution in [2.24, 2.45) is 0 Å². The highest BCUT2D eigenvalue weighted by Gasteiger charge is 2.37. The zero-order valence-corrected chi connectivity index (χ0v) is 21.9. The van der Waals surface area contributed by atoms with E-state index >= 15 is 0 Å². The molecule has 2 atom stereocenters. The summed E-state index contributed by atoms with van der Waals surface area (Å²) in [5, 5.41) is 10.9. The predicted octanol–water partition coefficient (Wildman–Crippen LogP) is 5.63. The first-order chi connectivity index (χ1) is 15.8. The number of unbranched alkanes of at least 4 members (excludes halogenated alkanes) is 1. The summed E-state index contributed by atoms with van der Waals surface area (Å²) in [4.78, 5) is 23.0. The molecule has 0 amide bonds. The van der Waals surface area contributed by atoms with Gasteiger partial charge in [-0.2, -0.15) is 11.8 Å². The molecule has 1 N–H and O–H groups in total. The van der Waals surface area contributed by atoms with Gasteiger partial charge in [-0.1, -0.05) is 13.3 Å². The maximum atomic E-state index is 11.7. The summed E-state index contributed by atoms with van der Waals surface area (Å²) >= 11 is 3.75. The van der Waals surface area contributed by atoms with Gasteiger partial charge in [0.1, 0.15) is 16.4 Å². The van der Waals surface area contributed by atoms with Crippen molar-refractivity contribution in [1.82, 2.24) is 0 Å². The molecule has 1 saturated heterocycles. The molecule has 1 aliphatic rings. The fraction of sp³-hybridized carbons (Fsp3) is 0.680. The van der Waals surface area contributed by atoms with Crippen LogP contribution in [0.5, 0.6) is 11.5 Å². The van der Waals surface area contributed by atoms with Crippen LogP contribution in [0.2, 0.25) is 0 Å². The number of phenolic OH excluding ortho intramolecular Hbond substituents is 1. The number of ketones is 1. The van der Waals surface area contributed by atoms with Gasteiger partial charge in [-0.05, 0) is 64.3 Å². The summed E-state index contributed by atoms with van der Waals surface area (Å²) < 4.78 is 16.9. The molecule has 1 heterocycles. The third kappa shape index (κ3) is 9.06. The highest BCUT2D eigenvalue weighted by Crippen LogP contribution is 2.42. The molecular weight excluding hydrogens is 460 g/mol. The lowest BCUT2D eigenvalue weighted by Gasteiger charge is -2.21. The Morgan fingerprint density at radius 2 is 2.09 bits per heavy atom. The third-order valence-electron chi connectivity index (χ3n) is 5.44. The van der Waals surface area contributed by atoms with E-state index in [4.69, 9.17) is 14.2 Å². The second kappa shape index (κ2) is 14.1. The van der Waals surface area contributed by atoms with E-state index in [0.717, 1.165) is 42.9 Å². The molecule has 2 unspecified atom stereocenters. The molecule has 0 saturated carbocycles. The number of carbonyl (C=O) groups excluding carboxylic acids is 2. The fourth-order valence-corrected chi connectivity index (χ4v) is 6.39. The van der Waals surface area contributed by atoms with Gasteiger partial charge in [0, 0.05) is 23.0 Å². The summed E-state index contributed by atoms with van der Waals surface area (Å²) in [5.41, 5.74) is 1.08. The zero-order chi connectivity index (χ0) is 24.3. The second-order valence-corrected chi connectivity index (χ2v) is 11.3. The highest BCUT2D eigenvalue weighted by atomic mass is 32.2. The number of rotatable bonds is 15. The van der Waals surface area contributed by atoms with Gasteiger partial charge in [0.25, 0.3) is 0 Å². The van der Waals surface area contributed by atoms with E-state index in [1.54, 1.807) is 12.1 Å². The Bertz CT molecular complexity index is 784. The lowest BCUT2D eigenvalue weighted by atomic mass is 10.0. The lowest BCUT2D eigenvalue weighted by Crippen LogP contribution is -2.21. The average molecular weight is 499 g/mol. The molecule has 186 valence electrons. The molecule has 6 nitrogen and oxygen atoms in total. The molecule has 0 spiro atoms. The molecule has 0 bridgehead atoms. The van der Waals surface area contributed by atoms with Crippen LogP contribution in [0.4, 0.5) is 0 Å². The van der Waals surface area contributed by atoms with Gasteiger partial charge < -0.3 is 19.3 Å².